The summed E-state index contributed by atoms with van der Waals surface area (Å²) in [4.78, 5) is 14.4. The number of halogens is 2. The third-order valence-electron chi connectivity index (χ3n) is 4.18. The van der Waals surface area contributed by atoms with E-state index < -0.39 is 5.60 Å². The van der Waals surface area contributed by atoms with Crippen LogP contribution in [0.5, 0.6) is 5.75 Å². The highest BCUT2D eigenvalue weighted by Gasteiger charge is 2.41. The molecule has 1 aromatic carbocycles. The Morgan fingerprint density at radius 2 is 2.08 bits per heavy atom. The van der Waals surface area contributed by atoms with Crippen molar-refractivity contribution in [1.82, 2.24) is 15.5 Å². The first kappa shape index (κ1) is 23.9. The number of nitrogens with one attached hydrogen (secondary N) is 2. The molecule has 1 heterocycles. The Labute approximate surface area is 162 Å². The molecule has 2 rings (SSSR count). The van der Waals surface area contributed by atoms with Gasteiger partial charge in [0.15, 0.2) is 5.60 Å². The monoisotopic (exact) mass is 393 g/mol. The Morgan fingerprint density at radius 1 is 1.32 bits per heavy atom. The van der Waals surface area contributed by atoms with Gasteiger partial charge in [0.1, 0.15) is 5.75 Å². The average Bonchev–Trinajstić information content (AvgIpc) is 2.56. The second kappa shape index (κ2) is 11.5. The van der Waals surface area contributed by atoms with Gasteiger partial charge in [0.25, 0.3) is 5.91 Å². The largest absolute Gasteiger partial charge is 0.497 e. The van der Waals surface area contributed by atoms with Crippen molar-refractivity contribution in [3.8, 4) is 5.75 Å². The third-order valence-corrected chi connectivity index (χ3v) is 4.18. The summed E-state index contributed by atoms with van der Waals surface area (Å²) in [5.41, 5.74) is -0.296. The number of hydrogen-bond acceptors (Lipinski definition) is 5. The number of carbonyl (C=O) groups is 1. The van der Waals surface area contributed by atoms with Crippen LogP contribution in [0.4, 0.5) is 0 Å². The minimum atomic E-state index is -1.30. The van der Waals surface area contributed by atoms with Crippen LogP contribution in [0.2, 0.25) is 0 Å². The highest BCUT2D eigenvalue weighted by Crippen LogP contribution is 2.24. The van der Waals surface area contributed by atoms with E-state index in [1.165, 1.54) is 0 Å². The molecule has 1 amide bonds. The molecule has 1 fully saturated rings. The molecule has 1 aliphatic rings. The zero-order valence-electron chi connectivity index (χ0n) is 14.8. The van der Waals surface area contributed by atoms with Gasteiger partial charge in [-0.25, -0.2) is 0 Å². The number of likely N-dealkylation sites (N-methyl/N-ethyl adjacent to an activating group) is 1. The fraction of sp³-hybridized carbons (Fsp3) is 0.588. The number of nitrogens with zero attached hydrogens (tertiary/aromatic N) is 1. The molecule has 0 aliphatic carbocycles. The standard InChI is InChI=1S/C17H27N3O3.2ClH/c1-18-8-9-19-13-17(22)7-4-10-20(16(17)21)12-14-5-3-6-15(11-14)23-2;;/h3,5-6,11,18-19,22H,4,7-10,12-13H2,1-2H3;2*1H. The van der Waals surface area contributed by atoms with Crippen LogP contribution >= 0.6 is 24.8 Å². The second-order valence-corrected chi connectivity index (χ2v) is 5.99. The molecule has 0 bridgehead atoms. The Bertz CT molecular complexity index is 534. The normalized spacial score (nSPS) is 19.8. The third kappa shape index (κ3) is 6.64. The summed E-state index contributed by atoms with van der Waals surface area (Å²) >= 11 is 0. The summed E-state index contributed by atoms with van der Waals surface area (Å²) in [5.74, 6) is 0.583. The van der Waals surface area contributed by atoms with Crippen LogP contribution < -0.4 is 15.4 Å². The maximum absolute atomic E-state index is 12.7. The van der Waals surface area contributed by atoms with Crippen molar-refractivity contribution in [2.45, 2.75) is 25.0 Å². The van der Waals surface area contributed by atoms with E-state index in [9.17, 15) is 9.90 Å². The summed E-state index contributed by atoms with van der Waals surface area (Å²) < 4.78 is 5.22. The number of hydrogen-bond donors (Lipinski definition) is 3. The van der Waals surface area contributed by atoms with Crippen molar-refractivity contribution in [2.75, 3.05) is 40.3 Å². The van der Waals surface area contributed by atoms with Crippen molar-refractivity contribution in [3.05, 3.63) is 29.8 Å². The number of methoxy groups -OCH3 is 1. The van der Waals surface area contributed by atoms with Gasteiger partial charge in [0.05, 0.1) is 7.11 Å². The fourth-order valence-corrected chi connectivity index (χ4v) is 2.88. The first-order valence-corrected chi connectivity index (χ1v) is 8.09. The van der Waals surface area contributed by atoms with Crippen molar-refractivity contribution in [1.29, 1.82) is 0 Å². The fourth-order valence-electron chi connectivity index (χ4n) is 2.88. The van der Waals surface area contributed by atoms with E-state index in [1.54, 1.807) is 12.0 Å². The van der Waals surface area contributed by atoms with Gasteiger partial charge >= 0.3 is 0 Å². The predicted octanol–water partition coefficient (Wildman–Crippen LogP) is 1.20. The number of carbonyl (C=O) groups excluding carboxylic acids is 1. The molecule has 6 nitrogen and oxygen atoms in total. The maximum Gasteiger partial charge on any atom is 0.256 e. The number of amides is 1. The van der Waals surface area contributed by atoms with E-state index in [-0.39, 0.29) is 30.7 Å². The molecule has 1 unspecified atom stereocenters. The van der Waals surface area contributed by atoms with Crippen LogP contribution in [0.3, 0.4) is 0 Å². The number of rotatable bonds is 8. The molecular weight excluding hydrogens is 365 g/mol. The zero-order chi connectivity index (χ0) is 16.7. The molecule has 1 saturated heterocycles. The van der Waals surface area contributed by atoms with Gasteiger partial charge in [-0.3, -0.25) is 4.79 Å². The highest BCUT2D eigenvalue weighted by atomic mass is 35.5. The molecule has 0 aromatic heterocycles. The molecule has 0 radical (unpaired) electrons. The summed E-state index contributed by atoms with van der Waals surface area (Å²) in [5, 5.41) is 16.9. The van der Waals surface area contributed by atoms with Crippen LogP contribution in [-0.4, -0.2) is 61.9 Å². The Hall–Kier alpha value is -1.05. The smallest absolute Gasteiger partial charge is 0.256 e. The molecule has 0 spiro atoms. The molecule has 144 valence electrons. The number of benzene rings is 1. The van der Waals surface area contributed by atoms with Crippen LogP contribution in [0.15, 0.2) is 24.3 Å². The molecule has 25 heavy (non-hydrogen) atoms. The SMILES string of the molecule is CNCCNCC1(O)CCCN(Cc2cccc(OC)c2)C1=O.Cl.Cl. The molecule has 3 N–H and O–H groups in total. The first-order valence-electron chi connectivity index (χ1n) is 8.09. The number of likely N-dealkylation sites (tertiary alicyclic amines) is 1. The summed E-state index contributed by atoms with van der Waals surface area (Å²) in [6.45, 7) is 2.99. The van der Waals surface area contributed by atoms with Crippen molar-refractivity contribution < 1.29 is 14.6 Å². The van der Waals surface area contributed by atoms with Crippen molar-refractivity contribution in [2.24, 2.45) is 0 Å². The van der Waals surface area contributed by atoms with Gasteiger partial charge in [-0.05, 0) is 37.6 Å². The van der Waals surface area contributed by atoms with Crippen molar-refractivity contribution >= 4 is 30.7 Å². The number of piperidine rings is 1. The van der Waals surface area contributed by atoms with E-state index in [2.05, 4.69) is 10.6 Å². The lowest BCUT2D eigenvalue weighted by Crippen LogP contribution is -2.58. The quantitative estimate of drug-likeness (QED) is 0.578. The van der Waals surface area contributed by atoms with E-state index in [1.807, 2.05) is 31.3 Å². The van der Waals surface area contributed by atoms with Gasteiger partial charge in [-0.1, -0.05) is 12.1 Å². The topological polar surface area (TPSA) is 73.8 Å². The minimum absolute atomic E-state index is 0. The highest BCUT2D eigenvalue weighted by molar-refractivity contribution is 5.86. The van der Waals surface area contributed by atoms with Gasteiger partial charge in [0.2, 0.25) is 0 Å². The van der Waals surface area contributed by atoms with Gasteiger partial charge in [-0.2, -0.15) is 0 Å². The molecule has 1 aromatic rings. The Balaban J connectivity index is 0.00000288. The van der Waals surface area contributed by atoms with Crippen LogP contribution in [0.1, 0.15) is 18.4 Å². The molecule has 0 saturated carbocycles. The molecular formula is C17H29Cl2N3O3. The first-order chi connectivity index (χ1) is 11.1. The minimum Gasteiger partial charge on any atom is -0.497 e. The predicted molar refractivity (Wildman–Crippen MR) is 104 cm³/mol. The summed E-state index contributed by atoms with van der Waals surface area (Å²) in [7, 11) is 3.50. The molecule has 8 heteroatoms. The second-order valence-electron chi connectivity index (χ2n) is 5.99. The van der Waals surface area contributed by atoms with E-state index in [0.717, 1.165) is 30.8 Å². The van der Waals surface area contributed by atoms with Gasteiger partial charge in [0, 0.05) is 32.7 Å². The number of aliphatic hydroxyl groups is 1. The summed E-state index contributed by atoms with van der Waals surface area (Å²) in [6, 6.07) is 7.68. The zero-order valence-corrected chi connectivity index (χ0v) is 16.4. The molecule has 1 atom stereocenters. The Morgan fingerprint density at radius 3 is 2.76 bits per heavy atom. The average molecular weight is 394 g/mol. The molecule has 1 aliphatic heterocycles. The van der Waals surface area contributed by atoms with Crippen LogP contribution in [-0.2, 0) is 11.3 Å². The maximum atomic E-state index is 12.7. The van der Waals surface area contributed by atoms with Crippen LogP contribution in [0.25, 0.3) is 0 Å². The lowest BCUT2D eigenvalue weighted by atomic mass is 9.91. The van der Waals surface area contributed by atoms with Gasteiger partial charge in [-0.15, -0.1) is 24.8 Å². The van der Waals surface area contributed by atoms with E-state index in [0.29, 0.717) is 26.1 Å². The van der Waals surface area contributed by atoms with E-state index in [4.69, 9.17) is 4.74 Å². The van der Waals surface area contributed by atoms with Crippen molar-refractivity contribution in [3.63, 3.8) is 0 Å². The lowest BCUT2D eigenvalue weighted by Gasteiger charge is -2.38. The Kier molecular flexibility index (Phi) is 11.1. The lowest BCUT2D eigenvalue weighted by molar-refractivity contribution is -0.157. The van der Waals surface area contributed by atoms with E-state index >= 15 is 0 Å². The summed E-state index contributed by atoms with van der Waals surface area (Å²) in [6.07, 6.45) is 1.31. The number of ether oxygens (including phenoxy) is 1. The van der Waals surface area contributed by atoms with Gasteiger partial charge < -0.3 is 25.4 Å². The van der Waals surface area contributed by atoms with Crippen LogP contribution in [0, 0.1) is 0 Å².